The molecule has 0 saturated carbocycles. The highest BCUT2D eigenvalue weighted by molar-refractivity contribution is 7.89. The molecule has 0 aliphatic rings. The molecule has 7 heteroatoms. The summed E-state index contributed by atoms with van der Waals surface area (Å²) in [5.74, 6) is 0. The standard InChI is InChI=1S/C10H14F2N2O2S/c1-14(2)17(15,16)9-6-4-3-5-8(9)13-7-10(11)12/h3-6,10,13H,7H2,1-2H3. The van der Waals surface area contributed by atoms with Gasteiger partial charge in [0.25, 0.3) is 6.43 Å². The number of sulfonamides is 1. The highest BCUT2D eigenvalue weighted by Gasteiger charge is 2.20. The molecule has 96 valence electrons. The molecule has 0 saturated heterocycles. The van der Waals surface area contributed by atoms with Crippen LogP contribution in [0.25, 0.3) is 0 Å². The Morgan fingerprint density at radius 2 is 1.88 bits per heavy atom. The van der Waals surface area contributed by atoms with Crippen LogP contribution in [0.15, 0.2) is 29.2 Å². The summed E-state index contributed by atoms with van der Waals surface area (Å²) in [6, 6.07) is 5.97. The van der Waals surface area contributed by atoms with Crippen LogP contribution in [0.2, 0.25) is 0 Å². The lowest BCUT2D eigenvalue weighted by Crippen LogP contribution is -2.24. The maximum Gasteiger partial charge on any atom is 0.255 e. The lowest BCUT2D eigenvalue weighted by molar-refractivity contribution is 0.163. The number of nitrogens with zero attached hydrogens (tertiary/aromatic N) is 1. The van der Waals surface area contributed by atoms with Gasteiger partial charge in [0.2, 0.25) is 10.0 Å². The van der Waals surface area contributed by atoms with E-state index in [0.29, 0.717) is 0 Å². The molecular weight excluding hydrogens is 250 g/mol. The van der Waals surface area contributed by atoms with Crippen molar-refractivity contribution in [1.82, 2.24) is 4.31 Å². The minimum atomic E-state index is -3.63. The first-order valence-corrected chi connectivity index (χ1v) is 6.33. The predicted octanol–water partition coefficient (Wildman–Crippen LogP) is 1.61. The molecule has 0 radical (unpaired) electrons. The van der Waals surface area contributed by atoms with Gasteiger partial charge in [-0.05, 0) is 12.1 Å². The van der Waals surface area contributed by atoms with Gasteiger partial charge in [-0.1, -0.05) is 12.1 Å². The van der Waals surface area contributed by atoms with E-state index in [0.717, 1.165) is 4.31 Å². The molecule has 0 spiro atoms. The summed E-state index contributed by atoms with van der Waals surface area (Å²) in [4.78, 5) is -0.00866. The summed E-state index contributed by atoms with van der Waals surface area (Å²) in [7, 11) is -0.853. The predicted molar refractivity (Wildman–Crippen MR) is 61.8 cm³/mol. The molecule has 0 aliphatic heterocycles. The van der Waals surface area contributed by atoms with Crippen molar-refractivity contribution in [2.75, 3.05) is 26.0 Å². The fourth-order valence-corrected chi connectivity index (χ4v) is 2.28. The van der Waals surface area contributed by atoms with Crippen molar-refractivity contribution in [1.29, 1.82) is 0 Å². The van der Waals surface area contributed by atoms with E-state index in [-0.39, 0.29) is 10.6 Å². The Kier molecular flexibility index (Phi) is 4.41. The van der Waals surface area contributed by atoms with Gasteiger partial charge in [0.15, 0.2) is 0 Å². The van der Waals surface area contributed by atoms with E-state index in [1.54, 1.807) is 12.1 Å². The number of benzene rings is 1. The minimum Gasteiger partial charge on any atom is -0.378 e. The van der Waals surface area contributed by atoms with E-state index in [2.05, 4.69) is 5.32 Å². The number of halogens is 2. The van der Waals surface area contributed by atoms with E-state index in [4.69, 9.17) is 0 Å². The van der Waals surface area contributed by atoms with Crippen LogP contribution in [0.5, 0.6) is 0 Å². The lowest BCUT2D eigenvalue weighted by Gasteiger charge is -2.15. The van der Waals surface area contributed by atoms with Crippen molar-refractivity contribution >= 4 is 15.7 Å². The Labute approximate surface area is 99.3 Å². The van der Waals surface area contributed by atoms with Gasteiger partial charge in [0.05, 0.1) is 12.2 Å². The van der Waals surface area contributed by atoms with Gasteiger partial charge in [0.1, 0.15) is 4.90 Å². The number of rotatable bonds is 5. The lowest BCUT2D eigenvalue weighted by atomic mass is 10.3. The smallest absolute Gasteiger partial charge is 0.255 e. The molecule has 1 N–H and O–H groups in total. The number of para-hydroxylation sites is 1. The van der Waals surface area contributed by atoms with Crippen LogP contribution in [0, 0.1) is 0 Å². The third kappa shape index (κ3) is 3.37. The summed E-state index contributed by atoms with van der Waals surface area (Å²) in [5.41, 5.74) is 0.182. The maximum atomic E-state index is 12.1. The second-order valence-corrected chi connectivity index (χ2v) is 5.68. The third-order valence-corrected chi connectivity index (χ3v) is 3.97. The highest BCUT2D eigenvalue weighted by atomic mass is 32.2. The van der Waals surface area contributed by atoms with Gasteiger partial charge < -0.3 is 5.32 Å². The third-order valence-electron chi connectivity index (χ3n) is 2.09. The maximum absolute atomic E-state index is 12.1. The van der Waals surface area contributed by atoms with E-state index in [1.165, 1.54) is 26.2 Å². The van der Waals surface area contributed by atoms with Crippen LogP contribution in [0.1, 0.15) is 0 Å². The van der Waals surface area contributed by atoms with Crippen molar-refractivity contribution in [3.63, 3.8) is 0 Å². The summed E-state index contributed by atoms with van der Waals surface area (Å²) in [6.45, 7) is -0.583. The fraction of sp³-hybridized carbons (Fsp3) is 0.400. The van der Waals surface area contributed by atoms with Crippen molar-refractivity contribution in [3.8, 4) is 0 Å². The monoisotopic (exact) mass is 264 g/mol. The van der Waals surface area contributed by atoms with Gasteiger partial charge in [-0.2, -0.15) is 0 Å². The van der Waals surface area contributed by atoms with Crippen LogP contribution in [-0.4, -0.2) is 39.8 Å². The Balaban J connectivity index is 3.08. The van der Waals surface area contributed by atoms with Gasteiger partial charge in [0, 0.05) is 14.1 Å². The Morgan fingerprint density at radius 3 is 2.41 bits per heavy atom. The molecule has 1 aromatic carbocycles. The zero-order valence-corrected chi connectivity index (χ0v) is 10.3. The summed E-state index contributed by atoms with van der Waals surface area (Å²) in [5, 5.41) is 2.42. The molecule has 0 bridgehead atoms. The summed E-state index contributed by atoms with van der Waals surface area (Å²) >= 11 is 0. The number of anilines is 1. The number of alkyl halides is 2. The molecule has 0 fully saturated rings. The van der Waals surface area contributed by atoms with Gasteiger partial charge in [-0.3, -0.25) is 0 Å². The second kappa shape index (κ2) is 5.42. The molecule has 0 atom stereocenters. The molecule has 0 heterocycles. The van der Waals surface area contributed by atoms with E-state index >= 15 is 0 Å². The average molecular weight is 264 g/mol. The van der Waals surface area contributed by atoms with Crippen LogP contribution in [-0.2, 0) is 10.0 Å². The summed E-state index contributed by atoms with van der Waals surface area (Å²) < 4.78 is 49.0. The summed E-state index contributed by atoms with van der Waals surface area (Å²) in [6.07, 6.45) is -2.54. The quantitative estimate of drug-likeness (QED) is 0.879. The van der Waals surface area contributed by atoms with Crippen LogP contribution in [0.3, 0.4) is 0 Å². The molecule has 0 aliphatic carbocycles. The SMILES string of the molecule is CN(C)S(=O)(=O)c1ccccc1NCC(F)F. The Bertz CT molecular complexity index is 475. The number of hydrogen-bond donors (Lipinski definition) is 1. The topological polar surface area (TPSA) is 49.4 Å². The minimum absolute atomic E-state index is 0.00866. The van der Waals surface area contributed by atoms with E-state index < -0.39 is 23.0 Å². The first kappa shape index (κ1) is 13.9. The van der Waals surface area contributed by atoms with Gasteiger partial charge in [-0.15, -0.1) is 0 Å². The van der Waals surface area contributed by atoms with Gasteiger partial charge in [-0.25, -0.2) is 21.5 Å². The van der Waals surface area contributed by atoms with Crippen molar-refractivity contribution < 1.29 is 17.2 Å². The van der Waals surface area contributed by atoms with Crippen molar-refractivity contribution in [3.05, 3.63) is 24.3 Å². The zero-order valence-electron chi connectivity index (χ0n) is 9.52. The first-order valence-electron chi connectivity index (χ1n) is 4.89. The molecule has 1 rings (SSSR count). The normalized spacial score (nSPS) is 12.1. The van der Waals surface area contributed by atoms with E-state index in [1.807, 2.05) is 0 Å². The molecule has 4 nitrogen and oxygen atoms in total. The largest absolute Gasteiger partial charge is 0.378 e. The average Bonchev–Trinajstić information content (AvgIpc) is 2.26. The highest BCUT2D eigenvalue weighted by Crippen LogP contribution is 2.23. The Morgan fingerprint density at radius 1 is 1.29 bits per heavy atom. The van der Waals surface area contributed by atoms with E-state index in [9.17, 15) is 17.2 Å². The van der Waals surface area contributed by atoms with Crippen molar-refractivity contribution in [2.45, 2.75) is 11.3 Å². The zero-order chi connectivity index (χ0) is 13.1. The second-order valence-electron chi connectivity index (χ2n) is 3.56. The molecule has 17 heavy (non-hydrogen) atoms. The van der Waals surface area contributed by atoms with Crippen LogP contribution < -0.4 is 5.32 Å². The molecule has 0 unspecified atom stereocenters. The fourth-order valence-electron chi connectivity index (χ4n) is 1.22. The molecule has 1 aromatic rings. The molecular formula is C10H14F2N2O2S. The molecule has 0 aromatic heterocycles. The van der Waals surface area contributed by atoms with Crippen LogP contribution in [0.4, 0.5) is 14.5 Å². The Hall–Kier alpha value is -1.21. The number of hydrogen-bond acceptors (Lipinski definition) is 3. The molecule has 0 amide bonds. The van der Waals surface area contributed by atoms with Gasteiger partial charge >= 0.3 is 0 Å². The first-order chi connectivity index (χ1) is 7.85. The number of nitrogens with one attached hydrogen (secondary N) is 1. The van der Waals surface area contributed by atoms with Crippen molar-refractivity contribution in [2.24, 2.45) is 0 Å². The van der Waals surface area contributed by atoms with Crippen LogP contribution >= 0.6 is 0 Å².